The van der Waals surface area contributed by atoms with Crippen molar-refractivity contribution in [1.29, 1.82) is 0 Å². The largest absolute Gasteiger partial charge is 0.347 e. The number of rotatable bonds is 4. The van der Waals surface area contributed by atoms with E-state index in [0.717, 1.165) is 25.7 Å². The molecule has 0 spiro atoms. The average Bonchev–Trinajstić information content (AvgIpc) is 2.38. The number of likely N-dealkylation sites (N-methyl/N-ethyl adjacent to an activating group) is 1. The van der Waals surface area contributed by atoms with Crippen LogP contribution in [0, 0.1) is 5.41 Å². The van der Waals surface area contributed by atoms with E-state index >= 15 is 0 Å². The quantitative estimate of drug-likeness (QED) is 0.767. The fourth-order valence-corrected chi connectivity index (χ4v) is 2.55. The second-order valence-corrected chi connectivity index (χ2v) is 5.47. The molecule has 0 aliphatic heterocycles. The maximum atomic E-state index is 12.3. The van der Waals surface area contributed by atoms with Crippen LogP contribution >= 0.6 is 0 Å². The van der Waals surface area contributed by atoms with Crippen LogP contribution < -0.4 is 11.1 Å². The van der Waals surface area contributed by atoms with Crippen LogP contribution in [-0.2, 0) is 9.59 Å². The van der Waals surface area contributed by atoms with Crippen molar-refractivity contribution in [1.82, 2.24) is 10.2 Å². The van der Waals surface area contributed by atoms with Gasteiger partial charge < -0.3 is 16.0 Å². The summed E-state index contributed by atoms with van der Waals surface area (Å²) in [6.07, 6.45) is 4.92. The van der Waals surface area contributed by atoms with Crippen LogP contribution in [-0.4, -0.2) is 43.4 Å². The minimum Gasteiger partial charge on any atom is -0.347 e. The molecule has 5 nitrogen and oxygen atoms in total. The van der Waals surface area contributed by atoms with Crippen LogP contribution in [0.25, 0.3) is 0 Å². The first-order valence-corrected chi connectivity index (χ1v) is 6.65. The zero-order valence-corrected chi connectivity index (χ0v) is 11.7. The monoisotopic (exact) mass is 255 g/mol. The molecule has 5 heteroatoms. The predicted octanol–water partition coefficient (Wildman–Crippen LogP) is 0.489. The summed E-state index contributed by atoms with van der Waals surface area (Å²) in [7, 11) is 3.37. The maximum Gasteiger partial charge on any atom is 0.244 e. The summed E-state index contributed by atoms with van der Waals surface area (Å²) >= 11 is 0. The van der Waals surface area contributed by atoms with Crippen molar-refractivity contribution in [3.05, 3.63) is 0 Å². The Bertz CT molecular complexity index is 309. The van der Waals surface area contributed by atoms with E-state index in [9.17, 15) is 9.59 Å². The molecule has 0 heterocycles. The standard InChI is InChI=1S/C13H25N3O2/c1-10(11(17)16(2)3)15-12(18)13(9-14)7-5-4-6-8-13/h10H,4-9,14H2,1-3H3,(H,15,18). The third-order valence-electron chi connectivity index (χ3n) is 3.84. The number of hydrogen-bond acceptors (Lipinski definition) is 3. The summed E-state index contributed by atoms with van der Waals surface area (Å²) in [5, 5.41) is 2.81. The molecule has 0 aromatic carbocycles. The minimum absolute atomic E-state index is 0.0626. The highest BCUT2D eigenvalue weighted by molar-refractivity contribution is 5.89. The first-order valence-electron chi connectivity index (χ1n) is 6.65. The molecule has 1 aliphatic carbocycles. The van der Waals surface area contributed by atoms with Crippen molar-refractivity contribution in [2.24, 2.45) is 11.1 Å². The van der Waals surface area contributed by atoms with Crippen molar-refractivity contribution in [3.8, 4) is 0 Å². The highest BCUT2D eigenvalue weighted by atomic mass is 16.2. The lowest BCUT2D eigenvalue weighted by Gasteiger charge is -2.35. The molecule has 3 N–H and O–H groups in total. The third kappa shape index (κ3) is 3.22. The van der Waals surface area contributed by atoms with Gasteiger partial charge in [0.1, 0.15) is 6.04 Å². The van der Waals surface area contributed by atoms with Crippen molar-refractivity contribution >= 4 is 11.8 Å². The summed E-state index contributed by atoms with van der Waals surface area (Å²) in [4.78, 5) is 25.5. The summed E-state index contributed by atoms with van der Waals surface area (Å²) in [5.41, 5.74) is 5.34. The van der Waals surface area contributed by atoms with Gasteiger partial charge in [0, 0.05) is 20.6 Å². The van der Waals surface area contributed by atoms with Gasteiger partial charge in [0.05, 0.1) is 5.41 Å². The Hall–Kier alpha value is -1.10. The Balaban J connectivity index is 2.65. The second-order valence-electron chi connectivity index (χ2n) is 5.47. The molecular formula is C13H25N3O2. The van der Waals surface area contributed by atoms with Crippen LogP contribution in [0.2, 0.25) is 0 Å². The van der Waals surface area contributed by atoms with Crippen LogP contribution in [0.4, 0.5) is 0 Å². The summed E-state index contributed by atoms with van der Waals surface area (Å²) in [6, 6.07) is -0.488. The molecular weight excluding hydrogens is 230 g/mol. The first-order chi connectivity index (χ1) is 8.43. The van der Waals surface area contributed by atoms with Gasteiger partial charge in [-0.1, -0.05) is 19.3 Å². The van der Waals surface area contributed by atoms with Gasteiger partial charge in [-0.05, 0) is 19.8 Å². The van der Waals surface area contributed by atoms with Gasteiger partial charge in [0.25, 0.3) is 0 Å². The highest BCUT2D eigenvalue weighted by Gasteiger charge is 2.39. The fourth-order valence-electron chi connectivity index (χ4n) is 2.55. The Labute approximate surface area is 109 Å². The summed E-state index contributed by atoms with van der Waals surface area (Å²) in [6.45, 7) is 2.08. The molecule has 1 aliphatic rings. The molecule has 2 amide bonds. The normalized spacial score (nSPS) is 20.0. The van der Waals surface area contributed by atoms with E-state index in [0.29, 0.717) is 6.54 Å². The van der Waals surface area contributed by atoms with E-state index < -0.39 is 11.5 Å². The maximum absolute atomic E-state index is 12.3. The van der Waals surface area contributed by atoms with E-state index in [1.807, 2.05) is 0 Å². The van der Waals surface area contributed by atoms with E-state index in [1.165, 1.54) is 11.3 Å². The van der Waals surface area contributed by atoms with E-state index in [1.54, 1.807) is 21.0 Å². The van der Waals surface area contributed by atoms with Gasteiger partial charge in [-0.2, -0.15) is 0 Å². The molecule has 1 saturated carbocycles. The fraction of sp³-hybridized carbons (Fsp3) is 0.846. The van der Waals surface area contributed by atoms with E-state index in [-0.39, 0.29) is 11.8 Å². The lowest BCUT2D eigenvalue weighted by atomic mass is 9.73. The molecule has 104 valence electrons. The lowest BCUT2D eigenvalue weighted by molar-refractivity contribution is -0.138. The Morgan fingerprint density at radius 2 is 1.83 bits per heavy atom. The van der Waals surface area contributed by atoms with Crippen molar-refractivity contribution in [3.63, 3.8) is 0 Å². The second kappa shape index (κ2) is 6.18. The zero-order chi connectivity index (χ0) is 13.8. The van der Waals surface area contributed by atoms with E-state index in [2.05, 4.69) is 5.32 Å². The summed E-state index contributed by atoms with van der Waals surface area (Å²) in [5.74, 6) is -0.154. The van der Waals surface area contributed by atoms with Gasteiger partial charge in [-0.3, -0.25) is 9.59 Å². The molecule has 0 radical (unpaired) electrons. The van der Waals surface area contributed by atoms with Crippen LogP contribution in [0.1, 0.15) is 39.0 Å². The van der Waals surface area contributed by atoms with Gasteiger partial charge in [0.2, 0.25) is 11.8 Å². The molecule has 0 aromatic heterocycles. The van der Waals surface area contributed by atoms with Gasteiger partial charge in [0.15, 0.2) is 0 Å². The number of nitrogens with one attached hydrogen (secondary N) is 1. The molecule has 1 atom stereocenters. The number of hydrogen-bond donors (Lipinski definition) is 2. The Kier molecular flexibility index (Phi) is 5.14. The van der Waals surface area contributed by atoms with Crippen molar-refractivity contribution < 1.29 is 9.59 Å². The molecule has 1 unspecified atom stereocenters. The van der Waals surface area contributed by atoms with Gasteiger partial charge >= 0.3 is 0 Å². The van der Waals surface area contributed by atoms with Crippen LogP contribution in [0.3, 0.4) is 0 Å². The molecule has 18 heavy (non-hydrogen) atoms. The Morgan fingerprint density at radius 3 is 2.28 bits per heavy atom. The molecule has 1 rings (SSSR count). The van der Waals surface area contributed by atoms with Crippen LogP contribution in [0.5, 0.6) is 0 Å². The SMILES string of the molecule is CC(NC(=O)C1(CN)CCCCC1)C(=O)N(C)C. The average molecular weight is 255 g/mol. The smallest absolute Gasteiger partial charge is 0.244 e. The third-order valence-corrected chi connectivity index (χ3v) is 3.84. The van der Waals surface area contributed by atoms with E-state index in [4.69, 9.17) is 5.73 Å². The number of nitrogens with two attached hydrogens (primary N) is 1. The number of nitrogens with zero attached hydrogens (tertiary/aromatic N) is 1. The molecule has 0 aromatic rings. The molecule has 1 fully saturated rings. The molecule has 0 saturated heterocycles. The predicted molar refractivity (Wildman–Crippen MR) is 70.9 cm³/mol. The van der Waals surface area contributed by atoms with Crippen molar-refractivity contribution in [2.75, 3.05) is 20.6 Å². The number of amides is 2. The zero-order valence-electron chi connectivity index (χ0n) is 11.7. The van der Waals surface area contributed by atoms with Crippen molar-refractivity contribution in [2.45, 2.75) is 45.1 Å². The highest BCUT2D eigenvalue weighted by Crippen LogP contribution is 2.35. The minimum atomic E-state index is -0.488. The first kappa shape index (κ1) is 15.0. The topological polar surface area (TPSA) is 75.4 Å². The number of carbonyl (C=O) groups excluding carboxylic acids is 2. The summed E-state index contributed by atoms with van der Waals surface area (Å²) < 4.78 is 0. The van der Waals surface area contributed by atoms with Gasteiger partial charge in [-0.25, -0.2) is 0 Å². The van der Waals surface area contributed by atoms with Crippen LogP contribution in [0.15, 0.2) is 0 Å². The Morgan fingerprint density at radius 1 is 1.28 bits per heavy atom. The number of carbonyl (C=O) groups is 2. The van der Waals surface area contributed by atoms with Gasteiger partial charge in [-0.15, -0.1) is 0 Å². The molecule has 0 bridgehead atoms. The lowest BCUT2D eigenvalue weighted by Crippen LogP contribution is -2.53.